The number of fused-ring (bicyclic) bond motifs is 1. The SMILES string of the molecule is CCCCN(CCCC)C(=O)c1cc(C)n(-c2ccc(N3CCN(c4ccccc4)CC3)cc2C(=O)N2Cc3ccccc3CC2CO)n1. The van der Waals surface area contributed by atoms with Crippen LogP contribution in [0, 0.1) is 6.92 Å². The summed E-state index contributed by atoms with van der Waals surface area (Å²) in [6.07, 6.45) is 4.51. The van der Waals surface area contributed by atoms with Crippen molar-refractivity contribution in [2.45, 2.75) is 65.5 Å². The van der Waals surface area contributed by atoms with Gasteiger partial charge in [0.15, 0.2) is 5.69 Å². The highest BCUT2D eigenvalue weighted by Gasteiger charge is 2.32. The number of rotatable bonds is 12. The second kappa shape index (κ2) is 15.7. The number of hydrogen-bond acceptors (Lipinski definition) is 6. The number of amides is 2. The van der Waals surface area contributed by atoms with Gasteiger partial charge in [-0.2, -0.15) is 5.10 Å². The summed E-state index contributed by atoms with van der Waals surface area (Å²) in [7, 11) is 0. The lowest BCUT2D eigenvalue weighted by Crippen LogP contribution is -2.47. The van der Waals surface area contributed by atoms with Crippen LogP contribution >= 0.6 is 0 Å². The van der Waals surface area contributed by atoms with Crippen molar-refractivity contribution < 1.29 is 14.7 Å². The summed E-state index contributed by atoms with van der Waals surface area (Å²) < 4.78 is 1.75. The molecule has 0 radical (unpaired) electrons. The highest BCUT2D eigenvalue weighted by Crippen LogP contribution is 2.30. The van der Waals surface area contributed by atoms with Crippen LogP contribution in [0.5, 0.6) is 0 Å². The van der Waals surface area contributed by atoms with Crippen molar-refractivity contribution in [2.24, 2.45) is 0 Å². The van der Waals surface area contributed by atoms with Gasteiger partial charge >= 0.3 is 0 Å². The van der Waals surface area contributed by atoms with E-state index in [1.54, 1.807) is 9.58 Å². The molecule has 1 aromatic heterocycles. The third-order valence-corrected chi connectivity index (χ3v) is 9.99. The Morgan fingerprint density at radius 2 is 1.45 bits per heavy atom. The molecule has 3 heterocycles. The highest BCUT2D eigenvalue weighted by molar-refractivity contribution is 5.99. The van der Waals surface area contributed by atoms with E-state index in [0.29, 0.717) is 43.0 Å². The van der Waals surface area contributed by atoms with Gasteiger partial charge in [0.2, 0.25) is 0 Å². The number of aliphatic hydroxyl groups excluding tert-OH is 1. The number of carbonyl (C=O) groups excluding carboxylic acids is 2. The van der Waals surface area contributed by atoms with Crippen LogP contribution in [0.15, 0.2) is 78.9 Å². The number of aliphatic hydroxyl groups is 1. The number of para-hydroxylation sites is 1. The van der Waals surface area contributed by atoms with Crippen molar-refractivity contribution in [3.63, 3.8) is 0 Å². The number of carbonyl (C=O) groups is 2. The fourth-order valence-electron chi connectivity index (χ4n) is 7.08. The predicted molar refractivity (Wildman–Crippen MR) is 196 cm³/mol. The van der Waals surface area contributed by atoms with Crippen molar-refractivity contribution in [1.29, 1.82) is 0 Å². The first-order valence-electron chi connectivity index (χ1n) is 18.0. The average molecular weight is 663 g/mol. The molecule has 1 fully saturated rings. The van der Waals surface area contributed by atoms with Gasteiger partial charge in [0.05, 0.1) is 23.9 Å². The number of nitrogens with zero attached hydrogens (tertiary/aromatic N) is 6. The fourth-order valence-corrected chi connectivity index (χ4v) is 7.08. The topological polar surface area (TPSA) is 85.2 Å². The van der Waals surface area contributed by atoms with Crippen molar-refractivity contribution in [3.05, 3.63) is 107 Å². The molecule has 9 nitrogen and oxygen atoms in total. The second-order valence-electron chi connectivity index (χ2n) is 13.3. The quantitative estimate of drug-likeness (QED) is 0.197. The predicted octanol–water partition coefficient (Wildman–Crippen LogP) is 6.11. The van der Waals surface area contributed by atoms with Crippen LogP contribution in [-0.4, -0.2) is 88.4 Å². The number of aromatic nitrogens is 2. The van der Waals surface area contributed by atoms with Crippen LogP contribution in [0.2, 0.25) is 0 Å². The lowest BCUT2D eigenvalue weighted by Gasteiger charge is -2.38. The van der Waals surface area contributed by atoms with E-state index < -0.39 is 0 Å². The summed E-state index contributed by atoms with van der Waals surface area (Å²) in [5.74, 6) is -0.221. The van der Waals surface area contributed by atoms with Gasteiger partial charge in [-0.05, 0) is 73.7 Å². The number of hydrogen-bond donors (Lipinski definition) is 1. The van der Waals surface area contributed by atoms with Crippen molar-refractivity contribution in [1.82, 2.24) is 19.6 Å². The Kier molecular flexibility index (Phi) is 11.0. The Balaban J connectivity index is 1.34. The zero-order chi connectivity index (χ0) is 34.3. The number of benzene rings is 3. The minimum absolute atomic E-state index is 0.0717. The van der Waals surface area contributed by atoms with Crippen LogP contribution in [0.3, 0.4) is 0 Å². The van der Waals surface area contributed by atoms with E-state index in [1.807, 2.05) is 48.2 Å². The third-order valence-electron chi connectivity index (χ3n) is 9.99. The molecular weight excluding hydrogens is 612 g/mol. The van der Waals surface area contributed by atoms with E-state index in [2.05, 4.69) is 66.1 Å². The Hall–Kier alpha value is -4.63. The molecule has 1 saturated heterocycles. The van der Waals surface area contributed by atoms with Gasteiger partial charge in [0, 0.05) is 62.9 Å². The smallest absolute Gasteiger partial charge is 0.274 e. The normalized spacial score (nSPS) is 16.1. The van der Waals surface area contributed by atoms with Crippen LogP contribution in [-0.2, 0) is 13.0 Å². The molecule has 0 spiro atoms. The summed E-state index contributed by atoms with van der Waals surface area (Å²) >= 11 is 0. The molecular formula is C40H50N6O3. The Labute approximate surface area is 290 Å². The summed E-state index contributed by atoms with van der Waals surface area (Å²) in [5.41, 5.74) is 6.78. The zero-order valence-corrected chi connectivity index (χ0v) is 29.2. The summed E-state index contributed by atoms with van der Waals surface area (Å²) in [5, 5.41) is 15.3. The first kappa shape index (κ1) is 34.2. The molecule has 1 unspecified atom stereocenters. The molecule has 3 aromatic carbocycles. The molecule has 1 atom stereocenters. The van der Waals surface area contributed by atoms with E-state index >= 15 is 0 Å². The Bertz CT molecular complexity index is 1720. The minimum atomic E-state index is -0.338. The third kappa shape index (κ3) is 7.52. The summed E-state index contributed by atoms with van der Waals surface area (Å²) in [6, 6.07) is 26.1. The maximum absolute atomic E-state index is 14.7. The maximum Gasteiger partial charge on any atom is 0.274 e. The first-order chi connectivity index (χ1) is 23.9. The van der Waals surface area contributed by atoms with E-state index in [-0.39, 0.29) is 24.5 Å². The summed E-state index contributed by atoms with van der Waals surface area (Å²) in [4.78, 5) is 36.9. The van der Waals surface area contributed by atoms with Gasteiger partial charge in [-0.1, -0.05) is 69.2 Å². The van der Waals surface area contributed by atoms with Crippen molar-refractivity contribution in [2.75, 3.05) is 55.7 Å². The van der Waals surface area contributed by atoms with Gasteiger partial charge in [-0.3, -0.25) is 9.59 Å². The van der Waals surface area contributed by atoms with Crippen LogP contribution in [0.4, 0.5) is 11.4 Å². The molecule has 49 heavy (non-hydrogen) atoms. The molecule has 1 N–H and O–H groups in total. The van der Waals surface area contributed by atoms with E-state index in [0.717, 1.165) is 74.4 Å². The molecule has 2 amide bonds. The van der Waals surface area contributed by atoms with Gasteiger partial charge in [0.25, 0.3) is 11.8 Å². The zero-order valence-electron chi connectivity index (χ0n) is 29.2. The van der Waals surface area contributed by atoms with E-state index in [9.17, 15) is 14.7 Å². The summed E-state index contributed by atoms with van der Waals surface area (Å²) in [6.45, 7) is 11.3. The lowest BCUT2D eigenvalue weighted by atomic mass is 9.93. The maximum atomic E-state index is 14.7. The van der Waals surface area contributed by atoms with Crippen LogP contribution in [0.25, 0.3) is 5.69 Å². The number of aryl methyl sites for hydroxylation is 1. The number of unbranched alkanes of at least 4 members (excludes halogenated alkanes) is 2. The van der Waals surface area contributed by atoms with Crippen molar-refractivity contribution in [3.8, 4) is 5.69 Å². The number of anilines is 2. The average Bonchev–Trinajstić information content (AvgIpc) is 3.55. The monoisotopic (exact) mass is 662 g/mol. The van der Waals surface area contributed by atoms with Gasteiger partial charge in [0.1, 0.15) is 0 Å². The van der Waals surface area contributed by atoms with Gasteiger partial charge in [-0.25, -0.2) is 4.68 Å². The standard InChI is InChI=1S/C40H50N6O3/c1-4-6-19-44(20-7-5-2)40(49)37-25-30(3)46(41-37)38-18-17-34(43-23-21-42(22-24-43)33-15-9-8-10-16-33)27-36(38)39(48)45-28-32-14-12-11-13-31(32)26-35(45)29-47/h8-18,25,27,35,47H,4-7,19-24,26,28-29H2,1-3H3. The van der Waals surface area contributed by atoms with Gasteiger partial charge < -0.3 is 24.7 Å². The van der Waals surface area contributed by atoms with Crippen LogP contribution in [0.1, 0.15) is 77.2 Å². The van der Waals surface area contributed by atoms with Gasteiger partial charge in [-0.15, -0.1) is 0 Å². The Morgan fingerprint density at radius 1 is 0.816 bits per heavy atom. The van der Waals surface area contributed by atoms with E-state index in [4.69, 9.17) is 5.10 Å². The molecule has 6 rings (SSSR count). The molecule has 4 aromatic rings. The molecule has 0 bridgehead atoms. The number of piperazine rings is 1. The molecule has 0 aliphatic carbocycles. The molecule has 0 saturated carbocycles. The highest BCUT2D eigenvalue weighted by atomic mass is 16.3. The molecule has 2 aliphatic rings. The largest absolute Gasteiger partial charge is 0.394 e. The first-order valence-corrected chi connectivity index (χ1v) is 18.0. The molecule has 9 heteroatoms. The van der Waals surface area contributed by atoms with E-state index in [1.165, 1.54) is 5.69 Å². The van der Waals surface area contributed by atoms with Crippen LogP contribution < -0.4 is 9.80 Å². The minimum Gasteiger partial charge on any atom is -0.394 e. The second-order valence-corrected chi connectivity index (χ2v) is 13.3. The molecule has 2 aliphatic heterocycles. The fraction of sp³-hybridized carbons (Fsp3) is 0.425. The lowest BCUT2D eigenvalue weighted by molar-refractivity contribution is 0.0544. The Morgan fingerprint density at radius 3 is 2.10 bits per heavy atom. The molecule has 258 valence electrons. The van der Waals surface area contributed by atoms with Crippen molar-refractivity contribution >= 4 is 23.2 Å².